The lowest BCUT2D eigenvalue weighted by Gasteiger charge is -2.09. The van der Waals surface area contributed by atoms with Gasteiger partial charge in [-0.1, -0.05) is 60.7 Å². The van der Waals surface area contributed by atoms with Gasteiger partial charge in [-0.3, -0.25) is 4.79 Å². The van der Waals surface area contributed by atoms with Crippen LogP contribution in [0.4, 0.5) is 0 Å². The molecule has 6 heteroatoms. The number of carbonyl (C=O) groups excluding carboxylic acids is 1. The number of benzene rings is 2. The van der Waals surface area contributed by atoms with Gasteiger partial charge in [-0.25, -0.2) is 9.97 Å². The van der Waals surface area contributed by atoms with Crippen molar-refractivity contribution < 1.29 is 9.53 Å². The van der Waals surface area contributed by atoms with Gasteiger partial charge >= 0.3 is 0 Å². The second-order valence-electron chi connectivity index (χ2n) is 6.25. The number of hydrogen-bond donors (Lipinski definition) is 1. The molecule has 0 aliphatic rings. The van der Waals surface area contributed by atoms with Gasteiger partial charge in [0.2, 0.25) is 5.88 Å². The first kappa shape index (κ1) is 18.1. The molecule has 140 valence electrons. The van der Waals surface area contributed by atoms with Crippen molar-refractivity contribution in [3.8, 4) is 17.0 Å². The van der Waals surface area contributed by atoms with Crippen LogP contribution in [0.2, 0.25) is 0 Å². The zero-order valence-corrected chi connectivity index (χ0v) is 16.0. The van der Waals surface area contributed by atoms with Gasteiger partial charge in [0.1, 0.15) is 11.2 Å². The molecular weight excluding hydrogens is 370 g/mol. The Bertz CT molecular complexity index is 1070. The summed E-state index contributed by atoms with van der Waals surface area (Å²) in [5, 5.41) is 5.77. The zero-order valence-electron chi connectivity index (χ0n) is 15.2. The van der Waals surface area contributed by atoms with Crippen LogP contribution in [0.3, 0.4) is 0 Å². The highest BCUT2D eigenvalue weighted by Crippen LogP contribution is 2.37. The maximum absolute atomic E-state index is 12.2. The largest absolute Gasteiger partial charge is 0.467 e. The van der Waals surface area contributed by atoms with Gasteiger partial charge in [0.25, 0.3) is 5.91 Å². The summed E-state index contributed by atoms with van der Waals surface area (Å²) in [4.78, 5) is 21.6. The summed E-state index contributed by atoms with van der Waals surface area (Å²) in [6.07, 6.45) is 2.25. The number of amides is 1. The SMILES string of the molecule is O=C(COc1ncnc2scc(-c3ccccc3)c12)NCCc1ccccc1. The maximum Gasteiger partial charge on any atom is 0.258 e. The van der Waals surface area contributed by atoms with Gasteiger partial charge in [0.15, 0.2) is 6.61 Å². The molecule has 2 aromatic heterocycles. The van der Waals surface area contributed by atoms with Crippen LogP contribution in [-0.4, -0.2) is 29.0 Å². The molecule has 4 aromatic rings. The third kappa shape index (κ3) is 4.18. The van der Waals surface area contributed by atoms with Crippen molar-refractivity contribution in [2.75, 3.05) is 13.2 Å². The van der Waals surface area contributed by atoms with E-state index in [1.165, 1.54) is 23.2 Å². The average Bonchev–Trinajstić information content (AvgIpc) is 3.18. The lowest BCUT2D eigenvalue weighted by molar-refractivity contribution is -0.123. The quantitative estimate of drug-likeness (QED) is 0.517. The van der Waals surface area contributed by atoms with Crippen molar-refractivity contribution in [2.24, 2.45) is 0 Å². The van der Waals surface area contributed by atoms with E-state index in [1.54, 1.807) is 0 Å². The molecule has 0 radical (unpaired) electrons. The summed E-state index contributed by atoms with van der Waals surface area (Å²) in [6.45, 7) is 0.490. The second kappa shape index (κ2) is 8.63. The number of aromatic nitrogens is 2. The van der Waals surface area contributed by atoms with Crippen LogP contribution in [0.15, 0.2) is 72.4 Å². The third-order valence-corrected chi connectivity index (χ3v) is 5.23. The topological polar surface area (TPSA) is 64.1 Å². The fraction of sp³-hybridized carbons (Fsp3) is 0.136. The smallest absolute Gasteiger partial charge is 0.258 e. The van der Waals surface area contributed by atoms with E-state index in [4.69, 9.17) is 4.74 Å². The number of nitrogens with one attached hydrogen (secondary N) is 1. The second-order valence-corrected chi connectivity index (χ2v) is 7.11. The Kier molecular flexibility index (Phi) is 5.58. The van der Waals surface area contributed by atoms with Crippen LogP contribution in [0.25, 0.3) is 21.3 Å². The highest BCUT2D eigenvalue weighted by molar-refractivity contribution is 7.17. The van der Waals surface area contributed by atoms with Crippen LogP contribution in [0, 0.1) is 0 Å². The molecule has 0 fully saturated rings. The Morgan fingerprint density at radius 1 is 1.00 bits per heavy atom. The highest BCUT2D eigenvalue weighted by Gasteiger charge is 2.15. The van der Waals surface area contributed by atoms with Crippen molar-refractivity contribution in [3.05, 3.63) is 77.9 Å². The Morgan fingerprint density at radius 3 is 2.54 bits per heavy atom. The van der Waals surface area contributed by atoms with E-state index in [0.29, 0.717) is 12.4 Å². The molecule has 28 heavy (non-hydrogen) atoms. The van der Waals surface area contributed by atoms with Gasteiger partial charge in [0, 0.05) is 17.5 Å². The maximum atomic E-state index is 12.2. The van der Waals surface area contributed by atoms with E-state index >= 15 is 0 Å². The molecule has 1 amide bonds. The van der Waals surface area contributed by atoms with Crippen LogP contribution >= 0.6 is 11.3 Å². The van der Waals surface area contributed by atoms with Gasteiger partial charge < -0.3 is 10.1 Å². The number of carbonyl (C=O) groups is 1. The van der Waals surface area contributed by atoms with E-state index in [9.17, 15) is 4.79 Å². The van der Waals surface area contributed by atoms with Crippen LogP contribution < -0.4 is 10.1 Å². The Morgan fingerprint density at radius 2 is 1.75 bits per heavy atom. The van der Waals surface area contributed by atoms with E-state index < -0.39 is 0 Å². The predicted octanol–water partition coefficient (Wildman–Crippen LogP) is 4.10. The summed E-state index contributed by atoms with van der Waals surface area (Å²) in [5.74, 6) is 0.266. The van der Waals surface area contributed by atoms with Crippen molar-refractivity contribution in [1.29, 1.82) is 0 Å². The van der Waals surface area contributed by atoms with Crippen molar-refractivity contribution in [1.82, 2.24) is 15.3 Å². The minimum atomic E-state index is -0.167. The molecule has 0 aliphatic heterocycles. The molecule has 1 N–H and O–H groups in total. The molecule has 2 aromatic carbocycles. The van der Waals surface area contributed by atoms with Crippen molar-refractivity contribution in [2.45, 2.75) is 6.42 Å². The summed E-state index contributed by atoms with van der Waals surface area (Å²) >= 11 is 1.54. The highest BCUT2D eigenvalue weighted by atomic mass is 32.1. The fourth-order valence-corrected chi connectivity index (χ4v) is 3.87. The first-order valence-corrected chi connectivity index (χ1v) is 9.90. The number of thiophene rings is 1. The minimum Gasteiger partial charge on any atom is -0.467 e. The first-order chi connectivity index (χ1) is 13.8. The number of nitrogens with zero attached hydrogens (tertiary/aromatic N) is 2. The van der Waals surface area contributed by atoms with Gasteiger partial charge in [-0.05, 0) is 17.5 Å². The predicted molar refractivity (Wildman–Crippen MR) is 112 cm³/mol. The molecule has 0 bridgehead atoms. The summed E-state index contributed by atoms with van der Waals surface area (Å²) in [7, 11) is 0. The lowest BCUT2D eigenvalue weighted by atomic mass is 10.1. The third-order valence-electron chi connectivity index (χ3n) is 4.34. The number of fused-ring (bicyclic) bond motifs is 1. The van der Waals surface area contributed by atoms with Gasteiger partial charge in [-0.15, -0.1) is 11.3 Å². The molecule has 5 nitrogen and oxygen atoms in total. The normalized spacial score (nSPS) is 10.7. The summed E-state index contributed by atoms with van der Waals surface area (Å²) < 4.78 is 5.75. The number of rotatable bonds is 7. The Hall–Kier alpha value is -3.25. The molecule has 0 saturated carbocycles. The minimum absolute atomic E-state index is 0.0784. The van der Waals surface area contributed by atoms with E-state index in [-0.39, 0.29) is 12.5 Å². The van der Waals surface area contributed by atoms with Crippen LogP contribution in [0.5, 0.6) is 5.88 Å². The molecule has 2 heterocycles. The van der Waals surface area contributed by atoms with E-state index in [2.05, 4.69) is 15.3 Å². The molecular formula is C22H19N3O2S. The fourth-order valence-electron chi connectivity index (χ4n) is 2.96. The van der Waals surface area contributed by atoms with Crippen molar-refractivity contribution >= 4 is 27.5 Å². The summed E-state index contributed by atoms with van der Waals surface area (Å²) in [5.41, 5.74) is 3.27. The molecule has 0 aliphatic carbocycles. The Balaban J connectivity index is 1.42. The monoisotopic (exact) mass is 389 g/mol. The molecule has 0 saturated heterocycles. The van der Waals surface area contributed by atoms with Crippen LogP contribution in [-0.2, 0) is 11.2 Å². The van der Waals surface area contributed by atoms with Gasteiger partial charge in [-0.2, -0.15) is 0 Å². The Labute approximate surface area is 167 Å². The molecule has 4 rings (SSSR count). The molecule has 0 spiro atoms. The lowest BCUT2D eigenvalue weighted by Crippen LogP contribution is -2.30. The van der Waals surface area contributed by atoms with Crippen LogP contribution in [0.1, 0.15) is 5.56 Å². The van der Waals surface area contributed by atoms with Crippen molar-refractivity contribution in [3.63, 3.8) is 0 Å². The number of hydrogen-bond acceptors (Lipinski definition) is 5. The summed E-state index contributed by atoms with van der Waals surface area (Å²) in [6, 6.07) is 20.1. The zero-order chi connectivity index (χ0) is 19.2. The number of ether oxygens (including phenoxy) is 1. The standard InChI is InChI=1S/C22H19N3O2S/c26-19(23-12-11-16-7-3-1-4-8-16)13-27-21-20-18(17-9-5-2-6-10-17)14-28-22(20)25-15-24-21/h1-10,14-15H,11-13H2,(H,23,26). The van der Waals surface area contributed by atoms with E-state index in [1.807, 2.05) is 66.0 Å². The molecule has 0 unspecified atom stereocenters. The average molecular weight is 389 g/mol. The first-order valence-electron chi connectivity index (χ1n) is 9.02. The van der Waals surface area contributed by atoms with Gasteiger partial charge in [0.05, 0.1) is 5.39 Å². The molecule has 0 atom stereocenters. The van der Waals surface area contributed by atoms with E-state index in [0.717, 1.165) is 27.8 Å².